The number of carbonyl (C=O) groups is 2. The summed E-state index contributed by atoms with van der Waals surface area (Å²) in [6, 6.07) is 0.00537. The molecule has 4 nitrogen and oxygen atoms in total. The van der Waals surface area contributed by atoms with Crippen molar-refractivity contribution in [1.82, 2.24) is 5.32 Å². The summed E-state index contributed by atoms with van der Waals surface area (Å²) >= 11 is 0. The lowest BCUT2D eigenvalue weighted by Gasteiger charge is -2.57. The molecule has 0 radical (unpaired) electrons. The second-order valence-electron chi connectivity index (χ2n) is 6.90. The van der Waals surface area contributed by atoms with Crippen LogP contribution in [0.5, 0.6) is 0 Å². The van der Waals surface area contributed by atoms with Crippen LogP contribution in [-0.2, 0) is 14.3 Å². The zero-order chi connectivity index (χ0) is 13.4. The van der Waals surface area contributed by atoms with Crippen molar-refractivity contribution >= 4 is 11.9 Å². The molecule has 4 heteroatoms. The number of rotatable bonds is 2. The van der Waals surface area contributed by atoms with Gasteiger partial charge in [0.25, 0.3) is 0 Å². The summed E-state index contributed by atoms with van der Waals surface area (Å²) < 4.78 is 5.72. The van der Waals surface area contributed by atoms with Crippen molar-refractivity contribution in [2.24, 2.45) is 17.3 Å². The van der Waals surface area contributed by atoms with Crippen LogP contribution in [0.15, 0.2) is 11.6 Å². The van der Waals surface area contributed by atoms with Gasteiger partial charge in [-0.3, -0.25) is 9.59 Å². The fourth-order valence-corrected chi connectivity index (χ4v) is 4.94. The van der Waals surface area contributed by atoms with Crippen molar-refractivity contribution in [1.29, 1.82) is 0 Å². The van der Waals surface area contributed by atoms with Gasteiger partial charge in [-0.15, -0.1) is 0 Å². The van der Waals surface area contributed by atoms with Crippen LogP contribution in [-0.4, -0.2) is 23.5 Å². The smallest absolute Gasteiger partial charge is 0.313 e. The summed E-state index contributed by atoms with van der Waals surface area (Å²) in [5.74, 6) is 0.810. The first-order chi connectivity index (χ1) is 8.95. The van der Waals surface area contributed by atoms with E-state index in [9.17, 15) is 9.59 Å². The lowest BCUT2D eigenvalue weighted by molar-refractivity contribution is -0.155. The number of amides is 1. The molecule has 1 N–H and O–H groups in total. The second kappa shape index (κ2) is 3.22. The normalized spacial score (nSPS) is 50.4. The number of hydrogen-bond acceptors (Lipinski definition) is 3. The molecule has 3 aliphatic carbocycles. The van der Waals surface area contributed by atoms with Gasteiger partial charge in [0.1, 0.15) is 5.60 Å². The molecule has 0 aromatic heterocycles. The number of nitrogens with one attached hydrogen (secondary N) is 1. The first kappa shape index (κ1) is 11.5. The number of fused-ring (bicyclic) bond motifs is 1. The van der Waals surface area contributed by atoms with Crippen molar-refractivity contribution in [2.45, 2.75) is 51.2 Å². The molecular formula is C15H19NO3. The van der Waals surface area contributed by atoms with Crippen LogP contribution in [0.3, 0.4) is 0 Å². The summed E-state index contributed by atoms with van der Waals surface area (Å²) in [5.41, 5.74) is 0.208. The lowest BCUT2D eigenvalue weighted by atomic mass is 9.43. The summed E-state index contributed by atoms with van der Waals surface area (Å²) in [5, 5.41) is 2.96. The third-order valence-electron chi connectivity index (χ3n) is 5.99. The van der Waals surface area contributed by atoms with Crippen LogP contribution < -0.4 is 5.32 Å². The molecule has 19 heavy (non-hydrogen) atoms. The van der Waals surface area contributed by atoms with Crippen LogP contribution in [0, 0.1) is 17.3 Å². The minimum absolute atomic E-state index is 0.00000827. The molecule has 102 valence electrons. The van der Waals surface area contributed by atoms with Crippen molar-refractivity contribution in [3.63, 3.8) is 0 Å². The Morgan fingerprint density at radius 3 is 2.89 bits per heavy atom. The fourth-order valence-electron chi connectivity index (χ4n) is 4.94. The highest BCUT2D eigenvalue weighted by Gasteiger charge is 2.75. The third kappa shape index (κ3) is 1.20. The standard InChI is InChI=1S/C15H19NO3/c1-8-5-10(16-12(8)17)7-15-9-3-4-14(2,11(15)6-9)19-13(15)18/h5,9-11H,3-4,6-7H2,1-2H3,(H,16,17). The fraction of sp³-hybridized carbons (Fsp3) is 0.733. The highest BCUT2D eigenvalue weighted by molar-refractivity contribution is 5.96. The zero-order valence-corrected chi connectivity index (χ0v) is 11.4. The first-order valence-electron chi connectivity index (χ1n) is 7.18. The molecule has 0 aromatic rings. The Balaban J connectivity index is 1.65. The minimum atomic E-state index is -0.313. The van der Waals surface area contributed by atoms with E-state index in [-0.39, 0.29) is 28.9 Å². The Morgan fingerprint density at radius 2 is 2.26 bits per heavy atom. The van der Waals surface area contributed by atoms with Crippen LogP contribution in [0.2, 0.25) is 0 Å². The Morgan fingerprint density at radius 1 is 1.47 bits per heavy atom. The zero-order valence-electron chi connectivity index (χ0n) is 11.4. The number of ether oxygens (including phenoxy) is 1. The van der Waals surface area contributed by atoms with Crippen molar-refractivity contribution in [3.8, 4) is 0 Å². The van der Waals surface area contributed by atoms with Gasteiger partial charge in [0.2, 0.25) is 5.91 Å². The van der Waals surface area contributed by atoms with E-state index in [0.717, 1.165) is 31.3 Å². The number of esters is 1. The van der Waals surface area contributed by atoms with Gasteiger partial charge < -0.3 is 10.1 Å². The Kier molecular flexibility index (Phi) is 1.95. The molecular weight excluding hydrogens is 242 g/mol. The average Bonchev–Trinajstić information content (AvgIpc) is 2.67. The van der Waals surface area contributed by atoms with Crippen molar-refractivity contribution in [2.75, 3.05) is 0 Å². The predicted octanol–water partition coefficient (Wildman–Crippen LogP) is 1.55. The summed E-state index contributed by atoms with van der Waals surface area (Å²) in [6.07, 6.45) is 5.89. The molecule has 5 rings (SSSR count). The highest BCUT2D eigenvalue weighted by atomic mass is 16.6. The largest absolute Gasteiger partial charge is 0.459 e. The maximum atomic E-state index is 12.4. The van der Waals surface area contributed by atoms with Gasteiger partial charge in [-0.2, -0.15) is 0 Å². The Labute approximate surface area is 112 Å². The summed E-state index contributed by atoms with van der Waals surface area (Å²) in [6.45, 7) is 3.91. The molecule has 4 fully saturated rings. The van der Waals surface area contributed by atoms with Gasteiger partial charge in [0.05, 0.1) is 5.41 Å². The minimum Gasteiger partial charge on any atom is -0.459 e. The van der Waals surface area contributed by atoms with Gasteiger partial charge in [0.15, 0.2) is 0 Å². The van der Waals surface area contributed by atoms with E-state index in [1.165, 1.54) is 0 Å². The van der Waals surface area contributed by atoms with Crippen LogP contribution in [0.25, 0.3) is 0 Å². The molecule has 1 saturated heterocycles. The van der Waals surface area contributed by atoms with Gasteiger partial charge >= 0.3 is 5.97 Å². The predicted molar refractivity (Wildman–Crippen MR) is 68.1 cm³/mol. The third-order valence-corrected chi connectivity index (χ3v) is 5.99. The van der Waals surface area contributed by atoms with E-state index in [1.54, 1.807) is 0 Å². The highest BCUT2D eigenvalue weighted by Crippen LogP contribution is 2.70. The average molecular weight is 261 g/mol. The molecule has 1 amide bonds. The quantitative estimate of drug-likeness (QED) is 0.767. The van der Waals surface area contributed by atoms with Crippen LogP contribution in [0.4, 0.5) is 0 Å². The van der Waals surface area contributed by atoms with E-state index in [2.05, 4.69) is 12.2 Å². The monoisotopic (exact) mass is 261 g/mol. The second-order valence-corrected chi connectivity index (χ2v) is 6.90. The van der Waals surface area contributed by atoms with Gasteiger partial charge in [0, 0.05) is 17.5 Å². The number of carbonyl (C=O) groups excluding carboxylic acids is 2. The van der Waals surface area contributed by atoms with Gasteiger partial charge in [-0.1, -0.05) is 6.08 Å². The maximum Gasteiger partial charge on any atom is 0.313 e. The topological polar surface area (TPSA) is 55.4 Å². The van der Waals surface area contributed by atoms with Crippen LogP contribution in [0.1, 0.15) is 39.5 Å². The van der Waals surface area contributed by atoms with Gasteiger partial charge in [-0.05, 0) is 45.4 Å². The van der Waals surface area contributed by atoms with Crippen molar-refractivity contribution in [3.05, 3.63) is 11.6 Å². The molecule has 5 unspecified atom stereocenters. The molecule has 2 aliphatic heterocycles. The molecule has 4 bridgehead atoms. The summed E-state index contributed by atoms with van der Waals surface area (Å²) in [4.78, 5) is 24.0. The van der Waals surface area contributed by atoms with E-state index in [0.29, 0.717) is 11.8 Å². The van der Waals surface area contributed by atoms with E-state index < -0.39 is 0 Å². The summed E-state index contributed by atoms with van der Waals surface area (Å²) in [7, 11) is 0. The van der Waals surface area contributed by atoms with E-state index in [1.807, 2.05) is 13.0 Å². The molecule has 0 spiro atoms. The Hall–Kier alpha value is -1.32. The van der Waals surface area contributed by atoms with E-state index >= 15 is 0 Å². The van der Waals surface area contributed by atoms with E-state index in [4.69, 9.17) is 4.74 Å². The molecule has 3 saturated carbocycles. The molecule has 5 atom stereocenters. The SMILES string of the molecule is CC1=CC(CC23C(=O)OC4(C)CCC2CC43)NC1=O. The van der Waals surface area contributed by atoms with Crippen molar-refractivity contribution < 1.29 is 14.3 Å². The lowest BCUT2D eigenvalue weighted by Crippen LogP contribution is -2.60. The molecule has 5 aliphatic rings. The van der Waals surface area contributed by atoms with Crippen LogP contribution >= 0.6 is 0 Å². The number of hydrogen-bond donors (Lipinski definition) is 1. The first-order valence-corrected chi connectivity index (χ1v) is 7.18. The molecule has 0 aromatic carbocycles. The molecule has 2 heterocycles. The van der Waals surface area contributed by atoms with Gasteiger partial charge in [-0.25, -0.2) is 0 Å². The maximum absolute atomic E-state index is 12.4. The Bertz CT molecular complexity index is 523.